The highest BCUT2D eigenvalue weighted by molar-refractivity contribution is 4.85. The Morgan fingerprint density at radius 1 is 1.46 bits per heavy atom. The van der Waals surface area contributed by atoms with Gasteiger partial charge in [0.25, 0.3) is 0 Å². The van der Waals surface area contributed by atoms with Crippen LogP contribution in [0.25, 0.3) is 0 Å². The van der Waals surface area contributed by atoms with Gasteiger partial charge in [0.05, 0.1) is 25.4 Å². The minimum atomic E-state index is -0.517. The fraction of sp³-hybridized carbons (Fsp3) is 1.00. The Morgan fingerprint density at radius 2 is 2.23 bits per heavy atom. The minimum Gasteiger partial charge on any atom is -0.394 e. The number of likely N-dealkylation sites (tertiary alicyclic amines) is 1. The molecule has 1 atom stereocenters. The van der Waals surface area contributed by atoms with Gasteiger partial charge in [-0.3, -0.25) is 4.90 Å². The third kappa shape index (κ3) is 4.04. The monoisotopic (exact) mass is 189 g/mol. The molecule has 0 aromatic carbocycles. The van der Waals surface area contributed by atoms with Gasteiger partial charge < -0.3 is 14.9 Å². The van der Waals surface area contributed by atoms with E-state index in [1.807, 2.05) is 6.92 Å². The second-order valence-electron chi connectivity index (χ2n) is 3.86. The fourth-order valence-electron chi connectivity index (χ4n) is 1.59. The topological polar surface area (TPSA) is 52.9 Å². The Balaban J connectivity index is 2.04. The van der Waals surface area contributed by atoms with Crippen LogP contribution in [0.5, 0.6) is 0 Å². The van der Waals surface area contributed by atoms with Crippen LogP contribution in [-0.4, -0.2) is 60.2 Å². The highest BCUT2D eigenvalue weighted by Crippen LogP contribution is 2.19. The normalized spacial score (nSPS) is 29.8. The Hall–Kier alpha value is -0.160. The third-order valence-corrected chi connectivity index (χ3v) is 2.32. The van der Waals surface area contributed by atoms with Crippen LogP contribution >= 0.6 is 0 Å². The van der Waals surface area contributed by atoms with Crippen molar-refractivity contribution >= 4 is 0 Å². The van der Waals surface area contributed by atoms with E-state index >= 15 is 0 Å². The molecule has 1 heterocycles. The van der Waals surface area contributed by atoms with E-state index in [1.165, 1.54) is 0 Å². The molecule has 0 aromatic heterocycles. The first-order valence-corrected chi connectivity index (χ1v) is 4.77. The van der Waals surface area contributed by atoms with Gasteiger partial charge in [0, 0.05) is 19.6 Å². The lowest BCUT2D eigenvalue weighted by molar-refractivity contribution is 0.0534. The van der Waals surface area contributed by atoms with E-state index in [-0.39, 0.29) is 6.61 Å². The largest absolute Gasteiger partial charge is 0.394 e. The number of rotatable bonds is 5. The van der Waals surface area contributed by atoms with Crippen LogP contribution < -0.4 is 0 Å². The first-order valence-electron chi connectivity index (χ1n) is 4.77. The Kier molecular flexibility index (Phi) is 4.12. The predicted molar refractivity (Wildman–Crippen MR) is 49.6 cm³/mol. The van der Waals surface area contributed by atoms with E-state index in [0.717, 1.165) is 26.1 Å². The second-order valence-corrected chi connectivity index (χ2v) is 3.86. The lowest BCUT2D eigenvalue weighted by Gasteiger charge is -2.18. The third-order valence-electron chi connectivity index (χ3n) is 2.32. The summed E-state index contributed by atoms with van der Waals surface area (Å²) in [6, 6.07) is 0. The molecule has 1 saturated heterocycles. The average Bonchev–Trinajstić information content (AvgIpc) is 2.40. The zero-order chi connectivity index (χ0) is 9.73. The van der Waals surface area contributed by atoms with Gasteiger partial charge in [-0.15, -0.1) is 0 Å². The zero-order valence-electron chi connectivity index (χ0n) is 8.20. The summed E-state index contributed by atoms with van der Waals surface area (Å²) in [4.78, 5) is 2.18. The first kappa shape index (κ1) is 10.9. The van der Waals surface area contributed by atoms with E-state index in [1.54, 1.807) is 0 Å². The Bertz CT molecular complexity index is 150. The average molecular weight is 189 g/mol. The Labute approximate surface area is 79.1 Å². The van der Waals surface area contributed by atoms with Crippen molar-refractivity contribution in [3.05, 3.63) is 0 Å². The summed E-state index contributed by atoms with van der Waals surface area (Å²) in [6.07, 6.45) is 0.840. The number of β-amino-alcohol motifs (C(OH)–C–C–N with tert-alkyl or cyclic N) is 1. The van der Waals surface area contributed by atoms with Crippen molar-refractivity contribution < 1.29 is 14.9 Å². The molecule has 1 aliphatic heterocycles. The van der Waals surface area contributed by atoms with Gasteiger partial charge in [-0.05, 0) is 13.3 Å². The molecule has 2 N–H and O–H groups in total. The van der Waals surface area contributed by atoms with Crippen LogP contribution in [0.4, 0.5) is 0 Å². The molecule has 1 unspecified atom stereocenters. The van der Waals surface area contributed by atoms with E-state index < -0.39 is 5.60 Å². The summed E-state index contributed by atoms with van der Waals surface area (Å²) in [5.41, 5.74) is -0.517. The summed E-state index contributed by atoms with van der Waals surface area (Å²) < 4.78 is 5.14. The van der Waals surface area contributed by atoms with E-state index in [9.17, 15) is 5.11 Å². The molecule has 4 nitrogen and oxygen atoms in total. The molecule has 0 saturated carbocycles. The molecule has 4 heteroatoms. The highest BCUT2D eigenvalue weighted by atomic mass is 16.5. The van der Waals surface area contributed by atoms with Crippen LogP contribution in [-0.2, 0) is 4.74 Å². The molecule has 0 aliphatic carbocycles. The number of hydrogen-bond donors (Lipinski definition) is 2. The maximum absolute atomic E-state index is 9.65. The van der Waals surface area contributed by atoms with Crippen molar-refractivity contribution in [1.82, 2.24) is 4.90 Å². The van der Waals surface area contributed by atoms with Gasteiger partial charge in [0.1, 0.15) is 0 Å². The van der Waals surface area contributed by atoms with Crippen LogP contribution in [0.3, 0.4) is 0 Å². The number of ether oxygens (including phenoxy) is 1. The molecule has 1 fully saturated rings. The van der Waals surface area contributed by atoms with Crippen molar-refractivity contribution in [3.8, 4) is 0 Å². The number of aliphatic hydroxyl groups excluding tert-OH is 1. The maximum atomic E-state index is 9.65. The number of nitrogens with zero attached hydrogens (tertiary/aromatic N) is 1. The maximum Gasteiger partial charge on any atom is 0.0758 e. The summed E-state index contributed by atoms with van der Waals surface area (Å²) in [5, 5.41) is 18.1. The smallest absolute Gasteiger partial charge is 0.0758 e. The van der Waals surface area contributed by atoms with E-state index in [0.29, 0.717) is 13.2 Å². The van der Waals surface area contributed by atoms with Crippen LogP contribution in [0.1, 0.15) is 13.3 Å². The summed E-state index contributed by atoms with van der Waals surface area (Å²) >= 11 is 0. The van der Waals surface area contributed by atoms with Gasteiger partial charge in [-0.1, -0.05) is 0 Å². The second kappa shape index (κ2) is 4.91. The number of aliphatic hydroxyl groups is 2. The SMILES string of the molecule is CC1(O)CCN(CCOCCO)C1. The Morgan fingerprint density at radius 3 is 2.77 bits per heavy atom. The molecule has 0 aromatic rings. The van der Waals surface area contributed by atoms with Crippen molar-refractivity contribution in [3.63, 3.8) is 0 Å². The summed E-state index contributed by atoms with van der Waals surface area (Å²) in [5.74, 6) is 0. The van der Waals surface area contributed by atoms with E-state index in [4.69, 9.17) is 9.84 Å². The van der Waals surface area contributed by atoms with Gasteiger partial charge in [-0.25, -0.2) is 0 Å². The van der Waals surface area contributed by atoms with Gasteiger partial charge in [-0.2, -0.15) is 0 Å². The van der Waals surface area contributed by atoms with Crippen molar-refractivity contribution in [2.45, 2.75) is 18.9 Å². The van der Waals surface area contributed by atoms with Crippen molar-refractivity contribution in [2.24, 2.45) is 0 Å². The first-order chi connectivity index (χ1) is 6.14. The highest BCUT2D eigenvalue weighted by Gasteiger charge is 2.30. The van der Waals surface area contributed by atoms with Crippen molar-refractivity contribution in [2.75, 3.05) is 39.5 Å². The summed E-state index contributed by atoms with van der Waals surface area (Å²) in [6.45, 7) is 5.50. The van der Waals surface area contributed by atoms with E-state index in [2.05, 4.69) is 4.90 Å². The predicted octanol–water partition coefficient (Wildman–Crippen LogP) is -0.548. The number of hydrogen-bond acceptors (Lipinski definition) is 4. The fourth-order valence-corrected chi connectivity index (χ4v) is 1.59. The van der Waals surface area contributed by atoms with Crippen LogP contribution in [0, 0.1) is 0 Å². The van der Waals surface area contributed by atoms with Gasteiger partial charge in [0.2, 0.25) is 0 Å². The molecule has 78 valence electrons. The lowest BCUT2D eigenvalue weighted by atomic mass is 10.1. The molecule has 0 amide bonds. The quantitative estimate of drug-likeness (QED) is 0.570. The van der Waals surface area contributed by atoms with Gasteiger partial charge >= 0.3 is 0 Å². The molecule has 13 heavy (non-hydrogen) atoms. The molecule has 0 radical (unpaired) electrons. The van der Waals surface area contributed by atoms with Gasteiger partial charge in [0.15, 0.2) is 0 Å². The molecule has 1 rings (SSSR count). The summed E-state index contributed by atoms with van der Waals surface area (Å²) in [7, 11) is 0. The molecule has 0 bridgehead atoms. The lowest BCUT2D eigenvalue weighted by Crippen LogP contribution is -2.31. The molecule has 0 spiro atoms. The molecular weight excluding hydrogens is 170 g/mol. The zero-order valence-corrected chi connectivity index (χ0v) is 8.20. The molecule has 1 aliphatic rings. The standard InChI is InChI=1S/C9H19NO3/c1-9(12)2-3-10(8-9)4-6-13-7-5-11/h11-12H,2-8H2,1H3. The molecular formula is C9H19NO3. The van der Waals surface area contributed by atoms with Crippen LogP contribution in [0.2, 0.25) is 0 Å². The van der Waals surface area contributed by atoms with Crippen LogP contribution in [0.15, 0.2) is 0 Å². The van der Waals surface area contributed by atoms with Crippen molar-refractivity contribution in [1.29, 1.82) is 0 Å². The minimum absolute atomic E-state index is 0.0811.